The summed E-state index contributed by atoms with van der Waals surface area (Å²) in [6.45, 7) is 1.11. The number of rotatable bonds is 4. The van der Waals surface area contributed by atoms with E-state index in [0.717, 1.165) is 25.3 Å². The minimum Gasteiger partial charge on any atom is -0.496 e. The second-order valence-electron chi connectivity index (χ2n) is 5.18. The van der Waals surface area contributed by atoms with E-state index in [-0.39, 0.29) is 49.2 Å². The van der Waals surface area contributed by atoms with Crippen LogP contribution in [0.5, 0.6) is 11.5 Å². The van der Waals surface area contributed by atoms with Crippen molar-refractivity contribution in [3.63, 3.8) is 0 Å². The maximum atomic E-state index is 13.5. The topological polar surface area (TPSA) is 33.7 Å². The molecule has 1 aliphatic rings. The third kappa shape index (κ3) is 6.57. The molecule has 4 nitrogen and oxygen atoms in total. The van der Waals surface area contributed by atoms with E-state index in [0.29, 0.717) is 13.1 Å². The maximum absolute atomic E-state index is 13.5. The van der Waals surface area contributed by atoms with Crippen LogP contribution in [0, 0.1) is 0 Å². The summed E-state index contributed by atoms with van der Waals surface area (Å²) < 4.78 is 86.0. The molecule has 1 aliphatic heterocycles. The molecular weight excluding hydrogens is 413 g/mol. The fraction of sp³-hybridized carbons (Fsp3) is 0.571. The van der Waals surface area contributed by atoms with Gasteiger partial charge < -0.3 is 14.8 Å². The molecule has 1 saturated heterocycles. The minimum absolute atomic E-state index is 0. The summed E-state index contributed by atoms with van der Waals surface area (Å²) >= 11 is 0. The van der Waals surface area contributed by atoms with E-state index < -0.39 is 24.3 Å². The van der Waals surface area contributed by atoms with Crippen molar-refractivity contribution in [1.29, 1.82) is 0 Å². The van der Waals surface area contributed by atoms with Crippen molar-refractivity contribution in [3.05, 3.63) is 23.8 Å². The average Bonchev–Trinajstić information content (AvgIpc) is 2.47. The highest BCUT2D eigenvalue weighted by Crippen LogP contribution is 2.43. The molecule has 0 amide bonds. The molecule has 0 aliphatic carbocycles. The molecule has 1 atom stereocenters. The Bertz CT molecular complexity index is 565. The molecule has 152 valence electrons. The zero-order valence-corrected chi connectivity index (χ0v) is 15.1. The van der Waals surface area contributed by atoms with Gasteiger partial charge in [-0.2, -0.15) is 13.2 Å². The summed E-state index contributed by atoms with van der Waals surface area (Å²) in [5, 5.41) is 2.95. The number of nitrogens with zero attached hydrogens (tertiary/aromatic N) is 1. The van der Waals surface area contributed by atoms with Crippen LogP contribution in [0.25, 0.3) is 0 Å². The largest absolute Gasteiger partial charge is 0.573 e. The highest BCUT2D eigenvalue weighted by atomic mass is 35.5. The van der Waals surface area contributed by atoms with E-state index in [1.165, 1.54) is 4.90 Å². The van der Waals surface area contributed by atoms with E-state index in [1.54, 1.807) is 0 Å². The van der Waals surface area contributed by atoms with Gasteiger partial charge >= 0.3 is 12.5 Å². The number of hydrogen-bond donors (Lipinski definition) is 1. The van der Waals surface area contributed by atoms with Gasteiger partial charge in [0.15, 0.2) is 0 Å². The number of ether oxygens (including phenoxy) is 2. The van der Waals surface area contributed by atoms with Crippen molar-refractivity contribution in [2.24, 2.45) is 0 Å². The zero-order valence-electron chi connectivity index (χ0n) is 13.5. The molecule has 1 aromatic rings. The summed E-state index contributed by atoms with van der Waals surface area (Å²) in [7, 11) is 1.10. The highest BCUT2D eigenvalue weighted by Gasteiger charge is 2.46. The van der Waals surface area contributed by atoms with E-state index in [4.69, 9.17) is 4.74 Å². The van der Waals surface area contributed by atoms with Crippen LogP contribution >= 0.6 is 24.8 Å². The first-order valence-corrected chi connectivity index (χ1v) is 7.07. The lowest BCUT2D eigenvalue weighted by molar-refractivity contribution is -0.274. The first kappa shape index (κ1) is 24.9. The third-order valence-electron chi connectivity index (χ3n) is 3.56. The summed E-state index contributed by atoms with van der Waals surface area (Å²) in [4.78, 5) is 1.22. The molecule has 1 aromatic carbocycles. The molecule has 12 heteroatoms. The molecule has 1 heterocycles. The molecule has 1 N–H and O–H groups in total. The van der Waals surface area contributed by atoms with Gasteiger partial charge in [-0.15, -0.1) is 38.0 Å². The van der Waals surface area contributed by atoms with E-state index in [2.05, 4.69) is 10.1 Å². The smallest absolute Gasteiger partial charge is 0.496 e. The van der Waals surface area contributed by atoms with Gasteiger partial charge in [0.2, 0.25) is 0 Å². The summed E-state index contributed by atoms with van der Waals surface area (Å²) in [6.07, 6.45) is -9.54. The van der Waals surface area contributed by atoms with Gasteiger partial charge in [-0.1, -0.05) is 0 Å². The van der Waals surface area contributed by atoms with Crippen molar-refractivity contribution < 1.29 is 35.8 Å². The van der Waals surface area contributed by atoms with Crippen LogP contribution in [0.3, 0.4) is 0 Å². The Hall–Kier alpha value is -1.10. The number of hydrogen-bond acceptors (Lipinski definition) is 4. The summed E-state index contributed by atoms with van der Waals surface area (Å²) in [5.74, 6) is -0.943. The van der Waals surface area contributed by atoms with Crippen molar-refractivity contribution in [2.75, 3.05) is 33.3 Å². The van der Waals surface area contributed by atoms with Gasteiger partial charge in [0.05, 0.1) is 7.11 Å². The number of piperazine rings is 1. The quantitative estimate of drug-likeness (QED) is 0.733. The fourth-order valence-electron chi connectivity index (χ4n) is 2.63. The van der Waals surface area contributed by atoms with Crippen LogP contribution < -0.4 is 14.8 Å². The van der Waals surface area contributed by atoms with Crippen LogP contribution in [0.1, 0.15) is 11.6 Å². The van der Waals surface area contributed by atoms with Gasteiger partial charge in [-0.25, -0.2) is 0 Å². The Kier molecular flexibility index (Phi) is 9.31. The van der Waals surface area contributed by atoms with Crippen molar-refractivity contribution in [3.8, 4) is 11.5 Å². The second kappa shape index (κ2) is 9.72. The van der Waals surface area contributed by atoms with Gasteiger partial charge in [0, 0.05) is 37.8 Å². The fourth-order valence-corrected chi connectivity index (χ4v) is 2.63. The van der Waals surface area contributed by atoms with Crippen LogP contribution in [0.2, 0.25) is 0 Å². The molecule has 26 heavy (non-hydrogen) atoms. The number of methoxy groups -OCH3 is 1. The molecule has 0 saturated carbocycles. The summed E-state index contributed by atoms with van der Waals surface area (Å²) in [5.41, 5.74) is -0.249. The molecule has 2 rings (SSSR count). The standard InChI is InChI=1S/C14H16F6N2O2.2ClH/c1-23-11-8-9(24-14(18,19)20)2-3-10(11)12(13(15,16)17)22-6-4-21-5-7-22;;/h2-3,8,12,21H,4-7H2,1H3;2*1H/t12-;;/m0../s1. The Morgan fingerprint density at radius 1 is 1.04 bits per heavy atom. The van der Waals surface area contributed by atoms with Crippen LogP contribution in [-0.2, 0) is 0 Å². The SMILES string of the molecule is COc1cc(OC(F)(F)F)ccc1[C@H](N1CCNCC1)C(F)(F)F.Cl.Cl. The van der Waals surface area contributed by atoms with Gasteiger partial charge in [0.25, 0.3) is 0 Å². The van der Waals surface area contributed by atoms with Gasteiger partial charge in [0.1, 0.15) is 17.5 Å². The molecular formula is C14H18Cl2F6N2O2. The Balaban J connectivity index is 0.00000312. The van der Waals surface area contributed by atoms with E-state index >= 15 is 0 Å². The molecule has 0 aromatic heterocycles. The normalized spacial score (nSPS) is 16.9. The Labute approximate surface area is 158 Å². The molecule has 0 bridgehead atoms. The van der Waals surface area contributed by atoms with Crippen molar-refractivity contribution >= 4 is 24.8 Å². The molecule has 0 spiro atoms. The molecule has 0 unspecified atom stereocenters. The number of halogens is 8. The predicted octanol–water partition coefficient (Wildman–Crippen LogP) is 3.95. The zero-order chi connectivity index (χ0) is 18.0. The lowest BCUT2D eigenvalue weighted by Gasteiger charge is -2.36. The van der Waals surface area contributed by atoms with Crippen molar-refractivity contribution in [1.82, 2.24) is 10.2 Å². The van der Waals surface area contributed by atoms with Gasteiger partial charge in [-0.05, 0) is 12.1 Å². The summed E-state index contributed by atoms with van der Waals surface area (Å²) in [6, 6.07) is 0.658. The Morgan fingerprint density at radius 2 is 1.62 bits per heavy atom. The number of nitrogens with one attached hydrogen (secondary N) is 1. The molecule has 0 radical (unpaired) electrons. The van der Waals surface area contributed by atoms with Gasteiger partial charge in [-0.3, -0.25) is 4.90 Å². The second-order valence-corrected chi connectivity index (χ2v) is 5.18. The van der Waals surface area contributed by atoms with Crippen LogP contribution in [-0.4, -0.2) is 50.7 Å². The van der Waals surface area contributed by atoms with Crippen LogP contribution in [0.15, 0.2) is 18.2 Å². The monoisotopic (exact) mass is 430 g/mol. The minimum atomic E-state index is -4.94. The lowest BCUT2D eigenvalue weighted by Crippen LogP contribution is -2.49. The lowest BCUT2D eigenvalue weighted by atomic mass is 10.0. The average molecular weight is 431 g/mol. The number of benzene rings is 1. The molecule has 1 fully saturated rings. The maximum Gasteiger partial charge on any atom is 0.573 e. The Morgan fingerprint density at radius 3 is 2.08 bits per heavy atom. The van der Waals surface area contributed by atoms with Crippen LogP contribution in [0.4, 0.5) is 26.3 Å². The van der Waals surface area contributed by atoms with E-state index in [1.807, 2.05) is 0 Å². The number of alkyl halides is 6. The highest BCUT2D eigenvalue weighted by molar-refractivity contribution is 5.85. The first-order valence-electron chi connectivity index (χ1n) is 7.07. The first-order chi connectivity index (χ1) is 11.1. The van der Waals surface area contributed by atoms with Crippen molar-refractivity contribution in [2.45, 2.75) is 18.6 Å². The third-order valence-corrected chi connectivity index (χ3v) is 3.56. The predicted molar refractivity (Wildman–Crippen MR) is 87.4 cm³/mol. The van der Waals surface area contributed by atoms with E-state index in [9.17, 15) is 26.3 Å².